The van der Waals surface area contributed by atoms with Crippen LogP contribution in [-0.4, -0.2) is 28.8 Å². The van der Waals surface area contributed by atoms with Crippen molar-refractivity contribution in [1.29, 1.82) is 0 Å². The molecule has 0 aliphatic rings. The lowest BCUT2D eigenvalue weighted by molar-refractivity contribution is 0.0594. The summed E-state index contributed by atoms with van der Waals surface area (Å²) < 4.78 is 6.21. The fourth-order valence-corrected chi connectivity index (χ4v) is 1.97. The molecule has 1 aromatic heterocycles. The number of rotatable bonds is 3. The molecule has 2 rings (SSSR count). The summed E-state index contributed by atoms with van der Waals surface area (Å²) in [6.45, 7) is 3.68. The highest BCUT2D eigenvalue weighted by molar-refractivity contribution is 6.08. The summed E-state index contributed by atoms with van der Waals surface area (Å²) in [5.41, 5.74) is 2.65. The van der Waals surface area contributed by atoms with Crippen LogP contribution in [0.1, 0.15) is 32.1 Å². The number of carbonyl (C=O) groups excluding carboxylic acids is 2. The van der Waals surface area contributed by atoms with Gasteiger partial charge < -0.3 is 10.1 Å². The van der Waals surface area contributed by atoms with Gasteiger partial charge >= 0.3 is 5.97 Å². The van der Waals surface area contributed by atoms with Crippen LogP contribution in [0, 0.1) is 13.8 Å². The summed E-state index contributed by atoms with van der Waals surface area (Å²) >= 11 is 0. The third-order valence-electron chi connectivity index (χ3n) is 3.23. The van der Waals surface area contributed by atoms with Crippen LogP contribution >= 0.6 is 0 Å². The van der Waals surface area contributed by atoms with E-state index in [0.717, 1.165) is 5.56 Å². The van der Waals surface area contributed by atoms with E-state index in [0.29, 0.717) is 16.9 Å². The van der Waals surface area contributed by atoms with E-state index in [9.17, 15) is 9.59 Å². The summed E-state index contributed by atoms with van der Waals surface area (Å²) in [4.78, 5) is 24.0. The van der Waals surface area contributed by atoms with Gasteiger partial charge in [-0.1, -0.05) is 17.7 Å². The molecule has 0 atom stereocenters. The van der Waals surface area contributed by atoms with Crippen molar-refractivity contribution in [2.45, 2.75) is 13.8 Å². The van der Waals surface area contributed by atoms with Crippen molar-refractivity contribution in [3.05, 3.63) is 46.8 Å². The van der Waals surface area contributed by atoms with Gasteiger partial charge in [0.1, 0.15) is 0 Å². The minimum absolute atomic E-state index is 0.0958. The van der Waals surface area contributed by atoms with Crippen LogP contribution < -0.4 is 5.32 Å². The summed E-state index contributed by atoms with van der Waals surface area (Å²) in [6, 6.07) is 7.21. The largest absolute Gasteiger partial charge is 0.464 e. The van der Waals surface area contributed by atoms with Crippen LogP contribution in [-0.2, 0) is 11.8 Å². The van der Waals surface area contributed by atoms with Crippen molar-refractivity contribution in [1.82, 2.24) is 9.78 Å². The van der Waals surface area contributed by atoms with Crippen LogP contribution in [0.3, 0.4) is 0 Å². The molecule has 0 radical (unpaired) electrons. The van der Waals surface area contributed by atoms with Crippen molar-refractivity contribution >= 4 is 17.6 Å². The maximum atomic E-state index is 12.3. The summed E-state index contributed by atoms with van der Waals surface area (Å²) in [6.07, 6.45) is 0. The van der Waals surface area contributed by atoms with Crippen LogP contribution in [0.25, 0.3) is 0 Å². The van der Waals surface area contributed by atoms with E-state index in [-0.39, 0.29) is 11.6 Å². The molecule has 21 heavy (non-hydrogen) atoms. The predicted octanol–water partition coefficient (Wildman–Crippen LogP) is 2.08. The molecule has 0 saturated carbocycles. The normalized spacial score (nSPS) is 10.3. The molecule has 0 unspecified atom stereocenters. The number of carbonyl (C=O) groups is 2. The Morgan fingerprint density at radius 2 is 2.00 bits per heavy atom. The first-order chi connectivity index (χ1) is 9.93. The molecule has 0 saturated heterocycles. The standard InChI is InChI=1S/C15H17N3O3/c1-9-6-5-7-11(8-9)14(19)16-12-10(2)18(3)17-13(12)15(20)21-4/h5-8H,1-4H3,(H,16,19). The number of methoxy groups -OCH3 is 1. The van der Waals surface area contributed by atoms with Gasteiger partial charge in [-0.3, -0.25) is 9.48 Å². The number of hydrogen-bond acceptors (Lipinski definition) is 4. The van der Waals surface area contributed by atoms with Crippen molar-refractivity contribution in [3.8, 4) is 0 Å². The Kier molecular flexibility index (Phi) is 4.07. The highest BCUT2D eigenvalue weighted by Crippen LogP contribution is 2.21. The van der Waals surface area contributed by atoms with E-state index < -0.39 is 5.97 Å². The monoisotopic (exact) mass is 287 g/mol. The van der Waals surface area contributed by atoms with E-state index in [1.165, 1.54) is 11.8 Å². The smallest absolute Gasteiger partial charge is 0.360 e. The van der Waals surface area contributed by atoms with E-state index in [2.05, 4.69) is 15.2 Å². The zero-order valence-electron chi connectivity index (χ0n) is 12.4. The fraction of sp³-hybridized carbons (Fsp3) is 0.267. The van der Waals surface area contributed by atoms with Gasteiger partial charge in [-0.15, -0.1) is 0 Å². The van der Waals surface area contributed by atoms with Crippen LogP contribution in [0.2, 0.25) is 0 Å². The second kappa shape index (κ2) is 5.78. The molecular weight excluding hydrogens is 270 g/mol. The minimum Gasteiger partial charge on any atom is -0.464 e. The maximum Gasteiger partial charge on any atom is 0.360 e. The molecule has 0 fully saturated rings. The molecule has 1 amide bonds. The number of benzene rings is 1. The number of amides is 1. The number of aryl methyl sites for hydroxylation is 2. The molecule has 1 N–H and O–H groups in total. The van der Waals surface area contributed by atoms with E-state index in [1.54, 1.807) is 26.1 Å². The van der Waals surface area contributed by atoms with Gasteiger partial charge in [0.2, 0.25) is 0 Å². The highest BCUT2D eigenvalue weighted by atomic mass is 16.5. The molecule has 0 bridgehead atoms. The molecule has 0 aliphatic heterocycles. The summed E-state index contributed by atoms with van der Waals surface area (Å²) in [5.74, 6) is -0.877. The number of nitrogens with one attached hydrogen (secondary N) is 1. The first-order valence-electron chi connectivity index (χ1n) is 6.44. The first-order valence-corrected chi connectivity index (χ1v) is 6.44. The Labute approximate surface area is 122 Å². The van der Waals surface area contributed by atoms with Crippen molar-refractivity contribution < 1.29 is 14.3 Å². The summed E-state index contributed by atoms with van der Waals surface area (Å²) in [7, 11) is 2.97. The van der Waals surface area contributed by atoms with Crippen LogP contribution in [0.15, 0.2) is 24.3 Å². The van der Waals surface area contributed by atoms with Crippen molar-refractivity contribution in [2.24, 2.45) is 7.05 Å². The topological polar surface area (TPSA) is 73.2 Å². The molecule has 110 valence electrons. The Bertz CT molecular complexity index is 704. The predicted molar refractivity (Wildman–Crippen MR) is 78.4 cm³/mol. The zero-order valence-corrected chi connectivity index (χ0v) is 12.4. The number of anilines is 1. The van der Waals surface area contributed by atoms with Crippen LogP contribution in [0.5, 0.6) is 0 Å². The molecule has 2 aromatic rings. The second-order valence-electron chi connectivity index (χ2n) is 4.75. The molecule has 1 aromatic carbocycles. The van der Waals surface area contributed by atoms with Crippen molar-refractivity contribution in [3.63, 3.8) is 0 Å². The molecule has 6 heteroatoms. The van der Waals surface area contributed by atoms with Gasteiger partial charge in [0.15, 0.2) is 5.69 Å². The maximum absolute atomic E-state index is 12.3. The van der Waals surface area contributed by atoms with E-state index >= 15 is 0 Å². The number of nitrogens with zero attached hydrogens (tertiary/aromatic N) is 2. The van der Waals surface area contributed by atoms with Crippen molar-refractivity contribution in [2.75, 3.05) is 12.4 Å². The molecule has 1 heterocycles. The van der Waals surface area contributed by atoms with Crippen LogP contribution in [0.4, 0.5) is 5.69 Å². The van der Waals surface area contributed by atoms with E-state index in [1.807, 2.05) is 19.1 Å². The third kappa shape index (κ3) is 2.94. The van der Waals surface area contributed by atoms with E-state index in [4.69, 9.17) is 0 Å². The zero-order chi connectivity index (χ0) is 15.6. The van der Waals surface area contributed by atoms with Gasteiger partial charge in [-0.25, -0.2) is 4.79 Å². The lowest BCUT2D eigenvalue weighted by Gasteiger charge is -2.07. The fourth-order valence-electron chi connectivity index (χ4n) is 1.97. The van der Waals surface area contributed by atoms with Gasteiger partial charge in [0.25, 0.3) is 5.91 Å². The molecule has 0 spiro atoms. The molecular formula is C15H17N3O3. The second-order valence-corrected chi connectivity index (χ2v) is 4.75. The van der Waals surface area contributed by atoms with Gasteiger partial charge in [0, 0.05) is 12.6 Å². The lowest BCUT2D eigenvalue weighted by atomic mass is 10.1. The number of aromatic nitrogens is 2. The third-order valence-corrected chi connectivity index (χ3v) is 3.23. The Balaban J connectivity index is 2.35. The number of ether oxygens (including phenoxy) is 1. The quantitative estimate of drug-likeness (QED) is 0.877. The average Bonchev–Trinajstić information content (AvgIpc) is 2.74. The summed E-state index contributed by atoms with van der Waals surface area (Å²) in [5, 5.41) is 6.81. The highest BCUT2D eigenvalue weighted by Gasteiger charge is 2.22. The van der Waals surface area contributed by atoms with Gasteiger partial charge in [0.05, 0.1) is 18.5 Å². The minimum atomic E-state index is -0.585. The molecule has 6 nitrogen and oxygen atoms in total. The van der Waals surface area contributed by atoms with Gasteiger partial charge in [-0.05, 0) is 26.0 Å². The average molecular weight is 287 g/mol. The Hall–Kier alpha value is -2.63. The Morgan fingerprint density at radius 3 is 2.62 bits per heavy atom. The number of hydrogen-bond donors (Lipinski definition) is 1. The number of esters is 1. The first kappa shape index (κ1) is 14.8. The lowest BCUT2D eigenvalue weighted by Crippen LogP contribution is -2.15. The SMILES string of the molecule is COC(=O)c1nn(C)c(C)c1NC(=O)c1cccc(C)c1. The van der Waals surface area contributed by atoms with Gasteiger partial charge in [-0.2, -0.15) is 5.10 Å². The molecule has 0 aliphatic carbocycles. The Morgan fingerprint density at radius 1 is 1.29 bits per heavy atom.